The van der Waals surface area contributed by atoms with Crippen LogP contribution in [0.2, 0.25) is 0 Å². The average Bonchev–Trinajstić information content (AvgIpc) is 2.76. The first-order valence-electron chi connectivity index (χ1n) is 7.22. The van der Waals surface area contributed by atoms with Crippen molar-refractivity contribution in [3.8, 4) is 0 Å². The summed E-state index contributed by atoms with van der Waals surface area (Å²) >= 11 is 1.80. The Labute approximate surface area is 136 Å². The van der Waals surface area contributed by atoms with Gasteiger partial charge < -0.3 is 10.2 Å². The van der Waals surface area contributed by atoms with Crippen LogP contribution in [0.4, 0.5) is 0 Å². The fourth-order valence-electron chi connectivity index (χ4n) is 1.80. The molecule has 0 aliphatic heterocycles. The molecule has 4 heteroatoms. The first kappa shape index (κ1) is 17.0. The summed E-state index contributed by atoms with van der Waals surface area (Å²) in [5, 5.41) is 20.7. The third kappa shape index (κ3) is 3.51. The third-order valence-electron chi connectivity index (χ3n) is 3.93. The molecule has 0 spiro atoms. The van der Waals surface area contributed by atoms with Gasteiger partial charge in [0.2, 0.25) is 0 Å². The molecular weight excluding hydrogens is 291 g/mol. The molecule has 0 unspecified atom stereocenters. The molecule has 22 heavy (non-hydrogen) atoms. The number of aliphatic hydroxyl groups is 2. The maximum atomic E-state index is 9.10. The molecule has 3 rings (SSSR count). The SMILES string of the molecule is CC(C)(O)C(C)(C)O.[B]c1cccc2sc3ccccc3c12. The topological polar surface area (TPSA) is 40.5 Å². The molecule has 3 aromatic rings. The second kappa shape index (κ2) is 6.03. The number of thiophene rings is 1. The highest BCUT2D eigenvalue weighted by Gasteiger charge is 2.31. The van der Waals surface area contributed by atoms with E-state index < -0.39 is 11.2 Å². The Bertz CT molecular complexity index is 767. The molecule has 0 aliphatic carbocycles. The molecule has 2 nitrogen and oxygen atoms in total. The summed E-state index contributed by atoms with van der Waals surface area (Å²) in [6, 6.07) is 14.5. The lowest BCUT2D eigenvalue weighted by Gasteiger charge is -2.31. The Hall–Kier alpha value is -1.36. The summed E-state index contributed by atoms with van der Waals surface area (Å²) in [7, 11) is 5.97. The minimum atomic E-state index is -1.01. The van der Waals surface area contributed by atoms with E-state index in [2.05, 4.69) is 30.3 Å². The molecule has 114 valence electrons. The van der Waals surface area contributed by atoms with Gasteiger partial charge >= 0.3 is 0 Å². The van der Waals surface area contributed by atoms with Crippen molar-refractivity contribution in [2.45, 2.75) is 38.9 Å². The molecule has 0 saturated carbocycles. The molecule has 2 aromatic carbocycles. The van der Waals surface area contributed by atoms with Gasteiger partial charge in [0.05, 0.1) is 11.2 Å². The number of benzene rings is 2. The molecule has 2 N–H and O–H groups in total. The van der Waals surface area contributed by atoms with Crippen molar-refractivity contribution in [3.63, 3.8) is 0 Å². The normalized spacial score (nSPS) is 12.3. The van der Waals surface area contributed by atoms with E-state index in [1.807, 2.05) is 12.1 Å². The molecule has 1 heterocycles. The largest absolute Gasteiger partial charge is 0.387 e. The smallest absolute Gasteiger partial charge is 0.114 e. The van der Waals surface area contributed by atoms with Crippen LogP contribution in [0, 0.1) is 0 Å². The van der Waals surface area contributed by atoms with Crippen molar-refractivity contribution in [1.29, 1.82) is 0 Å². The van der Waals surface area contributed by atoms with Crippen LogP contribution < -0.4 is 5.46 Å². The molecule has 0 saturated heterocycles. The van der Waals surface area contributed by atoms with E-state index in [9.17, 15) is 0 Å². The molecule has 2 radical (unpaired) electrons. The first-order valence-corrected chi connectivity index (χ1v) is 8.03. The molecule has 0 fully saturated rings. The highest BCUT2D eigenvalue weighted by atomic mass is 32.1. The van der Waals surface area contributed by atoms with Gasteiger partial charge in [-0.2, -0.15) is 0 Å². The predicted molar refractivity (Wildman–Crippen MR) is 97.3 cm³/mol. The van der Waals surface area contributed by atoms with Gasteiger partial charge in [-0.3, -0.25) is 0 Å². The number of hydrogen-bond acceptors (Lipinski definition) is 3. The molecule has 1 aromatic heterocycles. The second-order valence-electron chi connectivity index (χ2n) is 6.44. The standard InChI is InChI=1S/C12H7BS.C6H14O2/c13-9-5-3-7-11-12(9)8-4-1-2-6-10(8)14-11;1-5(2,7)6(3,4)8/h1-7H;7-8H,1-4H3. The van der Waals surface area contributed by atoms with Gasteiger partial charge in [0.1, 0.15) is 7.85 Å². The minimum Gasteiger partial charge on any atom is -0.387 e. The van der Waals surface area contributed by atoms with E-state index in [-0.39, 0.29) is 0 Å². The predicted octanol–water partition coefficient (Wildman–Crippen LogP) is 3.38. The zero-order valence-electron chi connectivity index (χ0n) is 13.4. The van der Waals surface area contributed by atoms with Crippen LogP contribution in [0.3, 0.4) is 0 Å². The van der Waals surface area contributed by atoms with Gasteiger partial charge in [0.25, 0.3) is 0 Å². The number of fused-ring (bicyclic) bond motifs is 3. The summed E-state index contributed by atoms with van der Waals surface area (Å²) in [6.07, 6.45) is 0. The van der Waals surface area contributed by atoms with Crippen molar-refractivity contribution < 1.29 is 10.2 Å². The fourth-order valence-corrected chi connectivity index (χ4v) is 2.94. The molecule has 0 amide bonds. The van der Waals surface area contributed by atoms with Crippen LogP contribution in [0.5, 0.6) is 0 Å². The monoisotopic (exact) mass is 312 g/mol. The van der Waals surface area contributed by atoms with E-state index in [1.165, 1.54) is 20.2 Å². The lowest BCUT2D eigenvalue weighted by molar-refractivity contribution is -0.107. The van der Waals surface area contributed by atoms with Gasteiger partial charge in [-0.25, -0.2) is 0 Å². The van der Waals surface area contributed by atoms with Gasteiger partial charge in [-0.05, 0) is 50.6 Å². The summed E-state index contributed by atoms with van der Waals surface area (Å²) in [4.78, 5) is 0. The lowest BCUT2D eigenvalue weighted by atomic mass is 9.90. The molecule has 0 atom stereocenters. The maximum Gasteiger partial charge on any atom is 0.114 e. The van der Waals surface area contributed by atoms with Crippen molar-refractivity contribution in [2.24, 2.45) is 0 Å². The Kier molecular flexibility index (Phi) is 4.66. The van der Waals surface area contributed by atoms with Crippen molar-refractivity contribution >= 4 is 44.8 Å². The lowest BCUT2D eigenvalue weighted by Crippen LogP contribution is -2.44. The van der Waals surface area contributed by atoms with Gasteiger partial charge in [0, 0.05) is 9.40 Å². The summed E-state index contributed by atoms with van der Waals surface area (Å²) in [6.45, 7) is 6.31. The van der Waals surface area contributed by atoms with Crippen LogP contribution in [0.25, 0.3) is 20.2 Å². The highest BCUT2D eigenvalue weighted by molar-refractivity contribution is 7.26. The maximum absolute atomic E-state index is 9.10. The number of hydrogen-bond donors (Lipinski definition) is 2. The van der Waals surface area contributed by atoms with E-state index in [0.29, 0.717) is 0 Å². The summed E-state index contributed by atoms with van der Waals surface area (Å²) < 4.78 is 2.58. The second-order valence-corrected chi connectivity index (χ2v) is 7.52. The minimum absolute atomic E-state index is 0.875. The van der Waals surface area contributed by atoms with Crippen molar-refractivity contribution in [3.05, 3.63) is 42.5 Å². The Morgan fingerprint density at radius 2 is 1.36 bits per heavy atom. The van der Waals surface area contributed by atoms with Crippen LogP contribution in [-0.4, -0.2) is 29.3 Å². The van der Waals surface area contributed by atoms with Crippen LogP contribution in [0.15, 0.2) is 42.5 Å². The van der Waals surface area contributed by atoms with Crippen LogP contribution in [0.1, 0.15) is 27.7 Å². The Morgan fingerprint density at radius 3 is 1.95 bits per heavy atom. The van der Waals surface area contributed by atoms with Crippen LogP contribution in [-0.2, 0) is 0 Å². The fraction of sp³-hybridized carbons (Fsp3) is 0.333. The third-order valence-corrected chi connectivity index (χ3v) is 5.07. The van der Waals surface area contributed by atoms with Gasteiger partial charge in [0.15, 0.2) is 0 Å². The van der Waals surface area contributed by atoms with E-state index in [1.54, 1.807) is 39.0 Å². The zero-order chi connectivity index (χ0) is 16.5. The summed E-state index contributed by atoms with van der Waals surface area (Å²) in [5.41, 5.74) is -1.14. The Morgan fingerprint density at radius 1 is 0.818 bits per heavy atom. The summed E-state index contributed by atoms with van der Waals surface area (Å²) in [5.74, 6) is 0. The quantitative estimate of drug-likeness (QED) is 0.676. The first-order chi connectivity index (χ1) is 10.1. The van der Waals surface area contributed by atoms with Crippen LogP contribution >= 0.6 is 11.3 Å². The average molecular weight is 312 g/mol. The van der Waals surface area contributed by atoms with Gasteiger partial charge in [-0.1, -0.05) is 35.8 Å². The van der Waals surface area contributed by atoms with Gasteiger partial charge in [-0.15, -0.1) is 11.3 Å². The molecule has 0 bridgehead atoms. The number of rotatable bonds is 1. The van der Waals surface area contributed by atoms with Crippen molar-refractivity contribution in [1.82, 2.24) is 0 Å². The van der Waals surface area contributed by atoms with Crippen molar-refractivity contribution in [2.75, 3.05) is 0 Å². The molecular formula is C18H21BO2S. The Balaban J connectivity index is 0.000000192. The molecule has 0 aliphatic rings. The zero-order valence-corrected chi connectivity index (χ0v) is 14.2. The van der Waals surface area contributed by atoms with E-state index in [4.69, 9.17) is 18.1 Å². The van der Waals surface area contributed by atoms with E-state index in [0.717, 1.165) is 5.46 Å². The van der Waals surface area contributed by atoms with E-state index >= 15 is 0 Å². The highest BCUT2D eigenvalue weighted by Crippen LogP contribution is 2.31.